The molecule has 184 valence electrons. The molecule has 0 radical (unpaired) electrons. The van der Waals surface area contributed by atoms with E-state index in [1.165, 1.54) is 12.1 Å². The van der Waals surface area contributed by atoms with Gasteiger partial charge < -0.3 is 46.2 Å². The number of aliphatic hydroxyl groups is 7. The summed E-state index contributed by atoms with van der Waals surface area (Å²) >= 11 is -0.186. The van der Waals surface area contributed by atoms with E-state index in [0.29, 0.717) is 0 Å². The number of thioether (sulfide) groups is 1. The van der Waals surface area contributed by atoms with Gasteiger partial charge in [0, 0.05) is 11.3 Å². The molecule has 0 heterocycles. The van der Waals surface area contributed by atoms with Crippen LogP contribution >= 0.6 is 11.8 Å². The topological polar surface area (TPSA) is 242 Å². The molecular formula is C19H25NO12S. The van der Waals surface area contributed by atoms with Crippen molar-refractivity contribution in [3.63, 3.8) is 0 Å². The molecule has 33 heavy (non-hydrogen) atoms. The predicted molar refractivity (Wildman–Crippen MR) is 111 cm³/mol. The molecule has 0 aliphatic carbocycles. The summed E-state index contributed by atoms with van der Waals surface area (Å²) in [5.41, 5.74) is -3.04. The first-order valence-corrected chi connectivity index (χ1v) is 10.2. The Hall–Kier alpha value is -2.43. The van der Waals surface area contributed by atoms with Crippen molar-refractivity contribution in [3.8, 4) is 0 Å². The molecule has 13 nitrogen and oxygen atoms in total. The highest BCUT2D eigenvalue weighted by Gasteiger charge is 2.66. The van der Waals surface area contributed by atoms with Gasteiger partial charge in [-0.1, -0.05) is 17.7 Å². The van der Waals surface area contributed by atoms with Crippen LogP contribution in [-0.4, -0.2) is 105 Å². The molecule has 0 spiro atoms. The van der Waals surface area contributed by atoms with E-state index in [0.717, 1.165) is 12.5 Å². The molecule has 1 amide bonds. The predicted octanol–water partition coefficient (Wildman–Crippen LogP) is -3.53. The highest BCUT2D eigenvalue weighted by atomic mass is 32.2. The van der Waals surface area contributed by atoms with Gasteiger partial charge in [0.15, 0.2) is 6.29 Å². The third kappa shape index (κ3) is 6.33. The van der Waals surface area contributed by atoms with E-state index in [1.54, 1.807) is 19.1 Å². The standard InChI is InChI=1S/C19H25NO12S/c1-9-3-5-11(6-4-9)14(24)20-12(15(25)26)7-33-17(28,8-21)18(29,13(23)10(2)22)16(27)19(30,31)32/h3-6,8,10,12-13,22-23,28-32H,7H2,1-2H3,(H,20,24)(H,25,26)/t10-,12?,13+,17+,18+/m0/s1. The van der Waals surface area contributed by atoms with Gasteiger partial charge in [0.25, 0.3) is 11.7 Å². The first-order valence-electron chi connectivity index (χ1n) is 9.24. The lowest BCUT2D eigenvalue weighted by molar-refractivity contribution is -0.305. The number of ketones is 1. The second-order valence-corrected chi connectivity index (χ2v) is 8.52. The lowest BCUT2D eigenvalue weighted by atomic mass is 9.82. The van der Waals surface area contributed by atoms with Crippen LogP contribution in [0.4, 0.5) is 0 Å². The molecule has 0 fully saturated rings. The fourth-order valence-electron chi connectivity index (χ4n) is 2.68. The van der Waals surface area contributed by atoms with Crippen molar-refractivity contribution in [2.24, 2.45) is 0 Å². The fraction of sp³-hybridized carbons (Fsp3) is 0.474. The molecule has 1 rings (SSSR count). The maximum atomic E-state index is 12.3. The van der Waals surface area contributed by atoms with E-state index in [-0.39, 0.29) is 17.3 Å². The van der Waals surface area contributed by atoms with Gasteiger partial charge in [0.05, 0.1) is 6.10 Å². The summed E-state index contributed by atoms with van der Waals surface area (Å²) in [6.45, 7) is 2.55. The first kappa shape index (κ1) is 28.6. The van der Waals surface area contributed by atoms with E-state index in [9.17, 15) is 44.7 Å². The normalized spacial score (nSPS) is 18.2. The van der Waals surface area contributed by atoms with E-state index >= 15 is 0 Å². The lowest BCUT2D eigenvalue weighted by Crippen LogP contribution is -2.72. The molecule has 0 saturated carbocycles. The molecule has 9 N–H and O–H groups in total. The number of hydrogen-bond acceptors (Lipinski definition) is 12. The van der Waals surface area contributed by atoms with Crippen molar-refractivity contribution in [2.45, 2.75) is 48.6 Å². The van der Waals surface area contributed by atoms with Gasteiger partial charge in [-0.05, 0) is 26.0 Å². The summed E-state index contributed by atoms with van der Waals surface area (Å²) < 4.78 is 0. The van der Waals surface area contributed by atoms with Crippen molar-refractivity contribution in [1.29, 1.82) is 0 Å². The second kappa shape index (κ2) is 10.7. The van der Waals surface area contributed by atoms with E-state index in [1.807, 2.05) is 0 Å². The zero-order valence-corrected chi connectivity index (χ0v) is 18.3. The number of aldehydes is 1. The maximum Gasteiger partial charge on any atom is 0.342 e. The molecule has 0 aromatic heterocycles. The van der Waals surface area contributed by atoms with Crippen LogP contribution in [0.1, 0.15) is 22.8 Å². The van der Waals surface area contributed by atoms with Gasteiger partial charge >= 0.3 is 11.9 Å². The Morgan fingerprint density at radius 3 is 1.97 bits per heavy atom. The van der Waals surface area contributed by atoms with E-state index in [2.05, 4.69) is 5.32 Å². The molecule has 1 unspecified atom stereocenters. The minimum absolute atomic E-state index is 0.0735. The van der Waals surface area contributed by atoms with E-state index in [4.69, 9.17) is 15.3 Å². The average Bonchev–Trinajstić information content (AvgIpc) is 2.73. The van der Waals surface area contributed by atoms with Gasteiger partial charge in [-0.3, -0.25) is 14.4 Å². The number of carbonyl (C=O) groups excluding carboxylic acids is 3. The summed E-state index contributed by atoms with van der Waals surface area (Å²) in [6, 6.07) is 4.15. The largest absolute Gasteiger partial charge is 0.480 e. The Bertz CT molecular complexity index is 884. The number of amides is 1. The van der Waals surface area contributed by atoms with Gasteiger partial charge in [-0.2, -0.15) is 0 Å². The number of carbonyl (C=O) groups is 4. The number of hydrogen-bond donors (Lipinski definition) is 9. The van der Waals surface area contributed by atoms with Crippen molar-refractivity contribution in [1.82, 2.24) is 5.32 Å². The maximum absolute atomic E-state index is 12.3. The molecule has 1 aromatic rings. The summed E-state index contributed by atoms with van der Waals surface area (Å²) in [5, 5.41) is 79.9. The van der Waals surface area contributed by atoms with Gasteiger partial charge in [0.1, 0.15) is 12.1 Å². The molecule has 0 aliphatic rings. The van der Waals surface area contributed by atoms with Gasteiger partial charge in [-0.15, -0.1) is 11.8 Å². The van der Waals surface area contributed by atoms with Crippen LogP contribution < -0.4 is 5.32 Å². The number of nitrogens with one attached hydrogen (secondary N) is 1. The first-order chi connectivity index (χ1) is 15.0. The Labute approximate surface area is 191 Å². The zero-order chi connectivity index (χ0) is 25.8. The van der Waals surface area contributed by atoms with Crippen molar-refractivity contribution in [3.05, 3.63) is 35.4 Å². The smallest absolute Gasteiger partial charge is 0.342 e. The number of rotatable bonds is 12. The van der Waals surface area contributed by atoms with Crippen LogP contribution in [0.5, 0.6) is 0 Å². The summed E-state index contributed by atoms with van der Waals surface area (Å²) in [6.07, 6.45) is -5.36. The zero-order valence-electron chi connectivity index (χ0n) is 17.4. The Morgan fingerprint density at radius 2 is 1.58 bits per heavy atom. The fourth-order valence-corrected chi connectivity index (χ4v) is 3.83. The van der Waals surface area contributed by atoms with Crippen LogP contribution in [0.15, 0.2) is 24.3 Å². The summed E-state index contributed by atoms with van der Waals surface area (Å²) in [7, 11) is 0. The highest BCUT2D eigenvalue weighted by molar-refractivity contribution is 8.01. The summed E-state index contributed by atoms with van der Waals surface area (Å²) in [4.78, 5) is 44.2. The van der Waals surface area contributed by atoms with Crippen LogP contribution in [0.2, 0.25) is 0 Å². The number of aliphatic carboxylic acids is 1. The highest BCUT2D eigenvalue weighted by Crippen LogP contribution is 2.39. The van der Waals surface area contributed by atoms with Crippen molar-refractivity contribution >= 4 is 35.7 Å². The third-order valence-corrected chi connectivity index (χ3v) is 5.98. The molecular weight excluding hydrogens is 466 g/mol. The third-order valence-electron chi connectivity index (χ3n) is 4.63. The molecule has 14 heteroatoms. The number of aliphatic hydroxyl groups excluding tert-OH is 2. The van der Waals surface area contributed by atoms with Crippen molar-refractivity contribution in [2.75, 3.05) is 5.75 Å². The number of benzene rings is 1. The SMILES string of the molecule is Cc1ccc(C(=O)NC(CS[C@](O)(C=O)[C@](O)(C(=O)C(O)(O)O)[C@H](O)[C@H](C)O)C(=O)O)cc1. The minimum atomic E-state index is -4.37. The van der Waals surface area contributed by atoms with Crippen LogP contribution in [-0.2, 0) is 14.4 Å². The second-order valence-electron chi connectivity index (χ2n) is 7.27. The van der Waals surface area contributed by atoms with Gasteiger partial charge in [-0.25, -0.2) is 4.79 Å². The number of carboxylic acids is 1. The van der Waals surface area contributed by atoms with Crippen LogP contribution in [0.25, 0.3) is 0 Å². The molecule has 1 aromatic carbocycles. The number of Topliss-reactive ketones (excluding diaryl/α,β-unsaturated/α-hetero) is 1. The Morgan fingerprint density at radius 1 is 1.06 bits per heavy atom. The summed E-state index contributed by atoms with van der Waals surface area (Å²) in [5.74, 6) is -10.3. The van der Waals surface area contributed by atoms with Crippen molar-refractivity contribution < 1.29 is 60.0 Å². The van der Waals surface area contributed by atoms with Crippen LogP contribution in [0, 0.1) is 6.92 Å². The monoisotopic (exact) mass is 491 g/mol. The lowest BCUT2D eigenvalue weighted by Gasteiger charge is -2.43. The molecule has 5 atom stereocenters. The molecule has 0 saturated heterocycles. The number of aryl methyl sites for hydroxylation is 1. The quantitative estimate of drug-likeness (QED) is 0.102. The minimum Gasteiger partial charge on any atom is -0.480 e. The Kier molecular flexibility index (Phi) is 9.24. The Balaban J connectivity index is 3.25. The van der Waals surface area contributed by atoms with Crippen LogP contribution in [0.3, 0.4) is 0 Å². The van der Waals surface area contributed by atoms with Gasteiger partial charge in [0.2, 0.25) is 10.5 Å². The molecule has 0 aliphatic heterocycles. The molecule has 0 bridgehead atoms. The average molecular weight is 491 g/mol. The number of carboxylic acid groups (broad SMARTS) is 1. The van der Waals surface area contributed by atoms with E-state index < -0.39 is 64.5 Å².